The predicted octanol–water partition coefficient (Wildman–Crippen LogP) is 3.62. The van der Waals surface area contributed by atoms with Crippen LogP contribution >= 0.6 is 0 Å². The van der Waals surface area contributed by atoms with Crippen molar-refractivity contribution < 1.29 is 47.2 Å². The third-order valence-corrected chi connectivity index (χ3v) is 6.67. The number of esters is 2. The SMILES string of the molecule is CCCCCO[C@@H]1[C@@H](Cc2ccc(F)cc2)COC[C@H](NC(=O)c2nccc(OC)c2OCOC(C)=O)C(=O)O[C@H]1C. The molecule has 0 bridgehead atoms. The third kappa shape index (κ3) is 9.66. The molecule has 42 heavy (non-hydrogen) atoms. The number of carbonyl (C=O) groups excluding carboxylic acids is 3. The first kappa shape index (κ1) is 32.7. The Hall–Kier alpha value is -3.77. The van der Waals surface area contributed by atoms with E-state index < -0.39 is 42.9 Å². The molecular weight excluding hydrogens is 551 g/mol. The van der Waals surface area contributed by atoms with Crippen molar-refractivity contribution in [2.24, 2.45) is 5.92 Å². The highest BCUT2D eigenvalue weighted by molar-refractivity contribution is 5.98. The van der Waals surface area contributed by atoms with Crippen molar-refractivity contribution in [1.29, 1.82) is 0 Å². The Bertz CT molecular complexity index is 1180. The number of unbranched alkanes of at least 4 members (excludes halogenated alkanes) is 2. The Morgan fingerprint density at radius 3 is 2.60 bits per heavy atom. The number of nitrogens with zero attached hydrogens (tertiary/aromatic N) is 1. The van der Waals surface area contributed by atoms with Gasteiger partial charge in [0.25, 0.3) is 5.91 Å². The Balaban J connectivity index is 1.78. The summed E-state index contributed by atoms with van der Waals surface area (Å²) in [6.45, 7) is 5.10. The van der Waals surface area contributed by atoms with Gasteiger partial charge in [-0.25, -0.2) is 14.2 Å². The van der Waals surface area contributed by atoms with Gasteiger partial charge >= 0.3 is 11.9 Å². The van der Waals surface area contributed by atoms with Crippen LogP contribution in [-0.2, 0) is 35.0 Å². The Morgan fingerprint density at radius 2 is 1.90 bits per heavy atom. The van der Waals surface area contributed by atoms with E-state index in [2.05, 4.69) is 17.2 Å². The van der Waals surface area contributed by atoms with Gasteiger partial charge < -0.3 is 33.7 Å². The summed E-state index contributed by atoms with van der Waals surface area (Å²) in [5.41, 5.74) is 0.703. The second-order valence-electron chi connectivity index (χ2n) is 9.93. The number of ether oxygens (including phenoxy) is 6. The first-order valence-corrected chi connectivity index (χ1v) is 14.0. The maximum Gasteiger partial charge on any atom is 0.331 e. The van der Waals surface area contributed by atoms with Crippen molar-refractivity contribution in [3.8, 4) is 11.5 Å². The molecule has 3 rings (SSSR count). The van der Waals surface area contributed by atoms with E-state index in [4.69, 9.17) is 28.4 Å². The van der Waals surface area contributed by atoms with Crippen molar-refractivity contribution in [2.45, 2.75) is 64.7 Å². The number of hydrogen-bond acceptors (Lipinski definition) is 10. The van der Waals surface area contributed by atoms with Gasteiger partial charge in [-0.3, -0.25) is 9.59 Å². The normalized spacial score (nSPS) is 20.8. The molecule has 1 N–H and O–H groups in total. The van der Waals surface area contributed by atoms with E-state index in [-0.39, 0.29) is 42.1 Å². The fourth-order valence-electron chi connectivity index (χ4n) is 4.55. The molecule has 1 saturated heterocycles. The summed E-state index contributed by atoms with van der Waals surface area (Å²) >= 11 is 0. The molecule has 230 valence electrons. The molecule has 1 aromatic carbocycles. The van der Waals surface area contributed by atoms with Crippen LogP contribution in [0.25, 0.3) is 0 Å². The summed E-state index contributed by atoms with van der Waals surface area (Å²) in [5.74, 6) is -2.46. The lowest BCUT2D eigenvalue weighted by atomic mass is 9.91. The molecule has 0 unspecified atom stereocenters. The van der Waals surface area contributed by atoms with E-state index in [0.29, 0.717) is 13.0 Å². The van der Waals surface area contributed by atoms with E-state index in [9.17, 15) is 18.8 Å². The van der Waals surface area contributed by atoms with Crippen LogP contribution < -0.4 is 14.8 Å². The van der Waals surface area contributed by atoms with Gasteiger partial charge in [0.05, 0.1) is 26.4 Å². The standard InChI is InChI=1S/C30H39FN2O9/c1-5-6-7-14-39-27-19(2)42-30(36)24(17-38-16-22(27)15-21-8-10-23(31)11-9-21)33-29(35)26-28(41-18-40-20(3)34)25(37-4)12-13-32-26/h8-13,19,22,24,27H,5-7,14-18H2,1-4H3,(H,33,35)/t19-,22-,24-,27-/m0/s1. The number of aromatic nitrogens is 1. The summed E-state index contributed by atoms with van der Waals surface area (Å²) in [7, 11) is 1.38. The van der Waals surface area contributed by atoms with Gasteiger partial charge in [-0.15, -0.1) is 0 Å². The lowest BCUT2D eigenvalue weighted by Gasteiger charge is -2.31. The van der Waals surface area contributed by atoms with E-state index in [1.807, 2.05) is 0 Å². The summed E-state index contributed by atoms with van der Waals surface area (Å²) in [4.78, 5) is 41.7. The highest BCUT2D eigenvalue weighted by Crippen LogP contribution is 2.30. The zero-order valence-corrected chi connectivity index (χ0v) is 24.4. The van der Waals surface area contributed by atoms with Crippen molar-refractivity contribution in [1.82, 2.24) is 10.3 Å². The minimum absolute atomic E-state index is 0.0654. The Kier molecular flexibility index (Phi) is 13.0. The lowest BCUT2D eigenvalue weighted by Crippen LogP contribution is -2.46. The summed E-state index contributed by atoms with van der Waals surface area (Å²) < 4.78 is 47.0. The van der Waals surface area contributed by atoms with Crippen LogP contribution in [-0.4, -0.2) is 74.8 Å². The zero-order chi connectivity index (χ0) is 30.5. The molecule has 1 aliphatic rings. The predicted molar refractivity (Wildman–Crippen MR) is 149 cm³/mol. The number of halogens is 1. The van der Waals surface area contributed by atoms with Crippen LogP contribution in [0.1, 0.15) is 56.1 Å². The molecule has 0 saturated carbocycles. The molecule has 0 spiro atoms. The molecule has 2 heterocycles. The van der Waals surface area contributed by atoms with Gasteiger partial charge in [0.15, 0.2) is 23.2 Å². The molecule has 1 aromatic heterocycles. The highest BCUT2D eigenvalue weighted by atomic mass is 19.1. The molecule has 1 fully saturated rings. The Labute approximate surface area is 245 Å². The van der Waals surface area contributed by atoms with E-state index in [1.165, 1.54) is 38.4 Å². The molecule has 0 radical (unpaired) electrons. The van der Waals surface area contributed by atoms with Crippen molar-refractivity contribution in [2.75, 3.05) is 33.7 Å². The van der Waals surface area contributed by atoms with E-state index in [0.717, 1.165) is 24.8 Å². The zero-order valence-electron chi connectivity index (χ0n) is 24.4. The fourth-order valence-corrected chi connectivity index (χ4v) is 4.55. The number of nitrogens with one attached hydrogen (secondary N) is 1. The van der Waals surface area contributed by atoms with Crippen LogP contribution in [0, 0.1) is 11.7 Å². The molecule has 1 aliphatic heterocycles. The quantitative estimate of drug-likeness (QED) is 0.210. The Morgan fingerprint density at radius 1 is 1.14 bits per heavy atom. The molecule has 12 heteroatoms. The number of carbonyl (C=O) groups is 3. The van der Waals surface area contributed by atoms with Crippen molar-refractivity contribution >= 4 is 17.8 Å². The van der Waals surface area contributed by atoms with Crippen LogP contribution in [0.3, 0.4) is 0 Å². The number of rotatable bonds is 13. The van der Waals surface area contributed by atoms with Crippen molar-refractivity contribution in [3.63, 3.8) is 0 Å². The second-order valence-corrected chi connectivity index (χ2v) is 9.93. The molecule has 2 aromatic rings. The van der Waals surface area contributed by atoms with Crippen LogP contribution in [0.2, 0.25) is 0 Å². The van der Waals surface area contributed by atoms with Crippen LogP contribution in [0.4, 0.5) is 4.39 Å². The largest absolute Gasteiger partial charge is 0.493 e. The molecule has 0 aliphatic carbocycles. The molecule has 1 amide bonds. The van der Waals surface area contributed by atoms with Gasteiger partial charge in [0, 0.05) is 31.7 Å². The smallest absolute Gasteiger partial charge is 0.331 e. The van der Waals surface area contributed by atoms with Crippen molar-refractivity contribution in [3.05, 3.63) is 53.6 Å². The average molecular weight is 591 g/mol. The monoisotopic (exact) mass is 590 g/mol. The number of methoxy groups -OCH3 is 1. The molecule has 11 nitrogen and oxygen atoms in total. The number of cyclic esters (lactones) is 1. The van der Waals surface area contributed by atoms with E-state index in [1.54, 1.807) is 19.1 Å². The summed E-state index contributed by atoms with van der Waals surface area (Å²) in [5, 5.41) is 2.61. The lowest BCUT2D eigenvalue weighted by molar-refractivity contribution is -0.160. The molecule has 4 atom stereocenters. The first-order valence-electron chi connectivity index (χ1n) is 14.0. The molecular formula is C30H39FN2O9. The fraction of sp³-hybridized carbons (Fsp3) is 0.533. The van der Waals surface area contributed by atoms with Gasteiger partial charge in [-0.2, -0.15) is 0 Å². The van der Waals surface area contributed by atoms with Crippen LogP contribution in [0.5, 0.6) is 11.5 Å². The summed E-state index contributed by atoms with van der Waals surface area (Å²) in [6, 6.07) is 6.51. The maximum absolute atomic E-state index is 13.5. The van der Waals surface area contributed by atoms with Gasteiger partial charge in [-0.1, -0.05) is 31.9 Å². The highest BCUT2D eigenvalue weighted by Gasteiger charge is 2.36. The third-order valence-electron chi connectivity index (χ3n) is 6.67. The minimum Gasteiger partial charge on any atom is -0.493 e. The van der Waals surface area contributed by atoms with Crippen LogP contribution in [0.15, 0.2) is 36.5 Å². The van der Waals surface area contributed by atoms with E-state index >= 15 is 0 Å². The topological polar surface area (TPSA) is 132 Å². The number of amides is 1. The van der Waals surface area contributed by atoms with Gasteiger partial charge in [0.1, 0.15) is 11.9 Å². The number of benzene rings is 1. The average Bonchev–Trinajstić information content (AvgIpc) is 3.01. The first-order chi connectivity index (χ1) is 20.2. The maximum atomic E-state index is 13.5. The second kappa shape index (κ2) is 16.6. The van der Waals surface area contributed by atoms with Gasteiger partial charge in [0.2, 0.25) is 6.79 Å². The number of hydrogen-bond donors (Lipinski definition) is 1. The minimum atomic E-state index is -1.17. The summed E-state index contributed by atoms with van der Waals surface area (Å²) in [6.07, 6.45) is 3.57. The number of pyridine rings is 1. The van der Waals surface area contributed by atoms with Gasteiger partial charge in [-0.05, 0) is 37.5 Å².